The van der Waals surface area contributed by atoms with E-state index in [9.17, 15) is 9.59 Å². The number of carbonyl (C=O) groups is 2. The van der Waals surface area contributed by atoms with Gasteiger partial charge in [-0.3, -0.25) is 9.59 Å². The quantitative estimate of drug-likeness (QED) is 0.839. The van der Waals surface area contributed by atoms with Crippen LogP contribution in [0.2, 0.25) is 0 Å². The van der Waals surface area contributed by atoms with Crippen molar-refractivity contribution in [3.63, 3.8) is 0 Å². The van der Waals surface area contributed by atoms with Gasteiger partial charge in [-0.25, -0.2) is 5.01 Å². The molecule has 21 heavy (non-hydrogen) atoms. The van der Waals surface area contributed by atoms with Crippen molar-refractivity contribution in [1.29, 1.82) is 0 Å². The van der Waals surface area contributed by atoms with Crippen molar-refractivity contribution in [2.24, 2.45) is 0 Å². The van der Waals surface area contributed by atoms with E-state index in [-0.39, 0.29) is 19.1 Å². The number of hydrogen-bond acceptors (Lipinski definition) is 4. The molecule has 6 heteroatoms. The molecule has 2 rings (SSSR count). The minimum atomic E-state index is -0.448. The van der Waals surface area contributed by atoms with Crippen LogP contribution in [0.5, 0.6) is 5.75 Å². The Bertz CT molecular complexity index is 551. The highest BCUT2D eigenvalue weighted by atomic mass is 16.5. The topological polar surface area (TPSA) is 80.9 Å². The molecule has 1 aliphatic rings. The lowest BCUT2D eigenvalue weighted by atomic mass is 10.1. The van der Waals surface area contributed by atoms with Crippen LogP contribution in [0.25, 0.3) is 0 Å². The molecule has 1 radical (unpaired) electrons. The molecular formula is C15H17N2O4. The molecule has 1 aliphatic heterocycles. The van der Waals surface area contributed by atoms with E-state index in [1.165, 1.54) is 6.08 Å². The van der Waals surface area contributed by atoms with Gasteiger partial charge in [-0.2, -0.15) is 0 Å². The van der Waals surface area contributed by atoms with Crippen molar-refractivity contribution in [2.45, 2.75) is 19.4 Å². The van der Waals surface area contributed by atoms with Gasteiger partial charge in [-0.1, -0.05) is 12.1 Å². The van der Waals surface area contributed by atoms with Crippen LogP contribution < -0.4 is 10.2 Å². The molecule has 0 aliphatic carbocycles. The fourth-order valence-electron chi connectivity index (χ4n) is 2.03. The monoisotopic (exact) mass is 289 g/mol. The van der Waals surface area contributed by atoms with Gasteiger partial charge in [0.25, 0.3) is 11.8 Å². The summed E-state index contributed by atoms with van der Waals surface area (Å²) in [6.45, 7) is 0.208. The van der Waals surface area contributed by atoms with Crippen LogP contribution in [-0.2, 0) is 16.1 Å². The Morgan fingerprint density at radius 2 is 1.95 bits per heavy atom. The van der Waals surface area contributed by atoms with E-state index in [1.807, 2.05) is 12.1 Å². The summed E-state index contributed by atoms with van der Waals surface area (Å²) in [7, 11) is 1.58. The first kappa shape index (κ1) is 15.1. The van der Waals surface area contributed by atoms with Gasteiger partial charge < -0.3 is 9.84 Å². The van der Waals surface area contributed by atoms with Crippen molar-refractivity contribution >= 4 is 11.8 Å². The number of amides is 2. The van der Waals surface area contributed by atoms with Gasteiger partial charge in [0.2, 0.25) is 0 Å². The molecule has 6 nitrogen and oxygen atoms in total. The summed E-state index contributed by atoms with van der Waals surface area (Å²) in [5.74, 6) is -0.0183. The fraction of sp³-hybridized carbons (Fsp3) is 0.333. The molecular weight excluding hydrogens is 272 g/mol. The number of methoxy groups -OCH3 is 1. The van der Waals surface area contributed by atoms with Gasteiger partial charge in [-0.15, -0.1) is 5.43 Å². The molecule has 0 aromatic heterocycles. The van der Waals surface area contributed by atoms with Crippen LogP contribution in [0.15, 0.2) is 35.9 Å². The Hall–Kier alpha value is -2.34. The average Bonchev–Trinajstić information content (AvgIpc) is 2.50. The Labute approximate surface area is 123 Å². The smallest absolute Gasteiger partial charge is 0.286 e. The summed E-state index contributed by atoms with van der Waals surface area (Å²) in [5.41, 5.74) is 4.97. The maximum atomic E-state index is 12.2. The normalized spacial score (nSPS) is 14.8. The van der Waals surface area contributed by atoms with Crippen LogP contribution in [0.1, 0.15) is 18.4 Å². The second-order valence-corrected chi connectivity index (χ2v) is 4.65. The van der Waals surface area contributed by atoms with E-state index in [2.05, 4.69) is 5.43 Å². The van der Waals surface area contributed by atoms with Gasteiger partial charge >= 0.3 is 0 Å². The lowest BCUT2D eigenvalue weighted by Gasteiger charge is -2.24. The van der Waals surface area contributed by atoms with Crippen molar-refractivity contribution in [2.75, 3.05) is 13.7 Å². The van der Waals surface area contributed by atoms with Crippen molar-refractivity contribution in [3.05, 3.63) is 41.5 Å². The summed E-state index contributed by atoms with van der Waals surface area (Å²) < 4.78 is 5.07. The highest BCUT2D eigenvalue weighted by Crippen LogP contribution is 2.17. The second kappa shape index (κ2) is 6.90. The first-order valence-electron chi connectivity index (χ1n) is 6.66. The van der Waals surface area contributed by atoms with Gasteiger partial charge in [0.1, 0.15) is 5.75 Å². The number of benzene rings is 1. The second-order valence-electron chi connectivity index (χ2n) is 4.65. The minimum absolute atomic E-state index is 0.0194. The van der Waals surface area contributed by atoms with Crippen LogP contribution in [-0.4, -0.2) is 35.6 Å². The molecule has 1 aromatic carbocycles. The lowest BCUT2D eigenvalue weighted by Crippen LogP contribution is -2.44. The number of carbonyl (C=O) groups excluding carboxylic acids is 2. The van der Waals surface area contributed by atoms with Crippen molar-refractivity contribution in [3.8, 4) is 5.75 Å². The third kappa shape index (κ3) is 3.82. The van der Waals surface area contributed by atoms with Crippen LogP contribution in [0.4, 0.5) is 0 Å². The Morgan fingerprint density at radius 3 is 2.57 bits per heavy atom. The van der Waals surface area contributed by atoms with Crippen LogP contribution in [0, 0.1) is 0 Å². The molecule has 0 unspecified atom stereocenters. The Balaban J connectivity index is 2.07. The largest absolute Gasteiger partial charge is 0.497 e. The zero-order valence-electron chi connectivity index (χ0n) is 11.8. The molecule has 0 spiro atoms. The van der Waals surface area contributed by atoms with E-state index in [0.29, 0.717) is 18.4 Å². The zero-order chi connectivity index (χ0) is 15.2. The maximum Gasteiger partial charge on any atom is 0.286 e. The molecule has 1 heterocycles. The summed E-state index contributed by atoms with van der Waals surface area (Å²) in [4.78, 5) is 23.8. The van der Waals surface area contributed by atoms with Gasteiger partial charge in [-0.05, 0) is 30.5 Å². The molecule has 111 valence electrons. The lowest BCUT2D eigenvalue weighted by molar-refractivity contribution is -0.140. The number of ether oxygens (including phenoxy) is 1. The first-order valence-corrected chi connectivity index (χ1v) is 6.66. The minimum Gasteiger partial charge on any atom is -0.497 e. The van der Waals surface area contributed by atoms with E-state index >= 15 is 0 Å². The Kier molecular flexibility index (Phi) is 4.94. The van der Waals surface area contributed by atoms with Crippen molar-refractivity contribution < 1.29 is 19.4 Å². The van der Waals surface area contributed by atoms with Crippen LogP contribution in [0.3, 0.4) is 0 Å². The summed E-state index contributed by atoms with van der Waals surface area (Å²) in [6.07, 6.45) is 2.06. The van der Waals surface area contributed by atoms with E-state index in [0.717, 1.165) is 16.3 Å². The predicted octanol–water partition coefficient (Wildman–Crippen LogP) is 0.782. The SMILES string of the molecule is COc1ccc(CN2[N]C(=O)C=C(CCCO)C2=O)cc1. The summed E-state index contributed by atoms with van der Waals surface area (Å²) >= 11 is 0. The number of hydrogen-bond donors (Lipinski definition) is 1. The standard InChI is InChI=1S/C15H17N2O4/c1-21-13-6-4-11(5-7-13)10-17-15(20)12(3-2-8-18)9-14(19)16-17/h4-7,9,18H,2-3,8,10H2,1H3. The van der Waals surface area contributed by atoms with E-state index < -0.39 is 5.91 Å². The van der Waals surface area contributed by atoms with Crippen LogP contribution >= 0.6 is 0 Å². The third-order valence-corrected chi connectivity index (χ3v) is 3.12. The first-order chi connectivity index (χ1) is 10.1. The molecule has 1 aromatic rings. The molecule has 0 saturated carbocycles. The fourth-order valence-corrected chi connectivity index (χ4v) is 2.03. The number of nitrogens with zero attached hydrogens (tertiary/aromatic N) is 2. The number of aliphatic hydroxyl groups is 1. The van der Waals surface area contributed by atoms with Gasteiger partial charge in [0.05, 0.1) is 13.7 Å². The van der Waals surface area contributed by atoms with Crippen molar-refractivity contribution in [1.82, 2.24) is 10.4 Å². The van der Waals surface area contributed by atoms with Gasteiger partial charge in [0, 0.05) is 18.3 Å². The molecule has 0 bridgehead atoms. The molecule has 0 fully saturated rings. The highest BCUT2D eigenvalue weighted by molar-refractivity contribution is 6.05. The molecule has 2 amide bonds. The average molecular weight is 289 g/mol. The summed E-state index contributed by atoms with van der Waals surface area (Å²) in [6, 6.07) is 7.21. The van der Waals surface area contributed by atoms with E-state index in [4.69, 9.17) is 9.84 Å². The summed E-state index contributed by atoms with van der Waals surface area (Å²) in [5, 5.41) is 9.99. The Morgan fingerprint density at radius 1 is 1.24 bits per heavy atom. The highest BCUT2D eigenvalue weighted by Gasteiger charge is 2.27. The molecule has 0 atom stereocenters. The molecule has 1 N–H and O–H groups in total. The van der Waals surface area contributed by atoms with E-state index in [1.54, 1.807) is 19.2 Å². The predicted molar refractivity (Wildman–Crippen MR) is 75.1 cm³/mol. The molecule has 0 saturated heterocycles. The van der Waals surface area contributed by atoms with Gasteiger partial charge in [0.15, 0.2) is 0 Å². The third-order valence-electron chi connectivity index (χ3n) is 3.12. The maximum absolute atomic E-state index is 12.2. The number of rotatable bonds is 6. The number of aliphatic hydroxyl groups excluding tert-OH is 1. The zero-order valence-corrected chi connectivity index (χ0v) is 11.8.